The predicted molar refractivity (Wildman–Crippen MR) is 85.2 cm³/mol. The SMILES string of the molecule is O=C(Cc1ccc(S)cc1)Nc1cc(Cl)ccc1Br. The van der Waals surface area contributed by atoms with Crippen molar-refractivity contribution in [3.63, 3.8) is 0 Å². The molecule has 0 unspecified atom stereocenters. The van der Waals surface area contributed by atoms with Gasteiger partial charge in [-0.15, -0.1) is 12.6 Å². The van der Waals surface area contributed by atoms with Crippen LogP contribution in [0.3, 0.4) is 0 Å². The highest BCUT2D eigenvalue weighted by atomic mass is 79.9. The summed E-state index contributed by atoms with van der Waals surface area (Å²) in [6.07, 6.45) is 0.313. The topological polar surface area (TPSA) is 29.1 Å². The average molecular weight is 357 g/mol. The third-order valence-corrected chi connectivity index (χ3v) is 3.73. The highest BCUT2D eigenvalue weighted by Gasteiger charge is 2.07. The molecule has 0 heterocycles. The first-order valence-corrected chi connectivity index (χ1v) is 7.19. The van der Waals surface area contributed by atoms with Crippen LogP contribution in [0.1, 0.15) is 5.56 Å². The van der Waals surface area contributed by atoms with E-state index in [-0.39, 0.29) is 5.91 Å². The maximum absolute atomic E-state index is 11.9. The highest BCUT2D eigenvalue weighted by molar-refractivity contribution is 9.10. The molecule has 0 aliphatic carbocycles. The molecule has 0 saturated carbocycles. The van der Waals surface area contributed by atoms with Crippen LogP contribution in [-0.4, -0.2) is 5.91 Å². The van der Waals surface area contributed by atoms with Gasteiger partial charge in [-0.25, -0.2) is 0 Å². The monoisotopic (exact) mass is 355 g/mol. The zero-order chi connectivity index (χ0) is 13.8. The summed E-state index contributed by atoms with van der Waals surface area (Å²) in [4.78, 5) is 12.8. The lowest BCUT2D eigenvalue weighted by Gasteiger charge is -2.08. The Balaban J connectivity index is 2.05. The van der Waals surface area contributed by atoms with Crippen molar-refractivity contribution >= 4 is 51.8 Å². The van der Waals surface area contributed by atoms with Crippen LogP contribution in [0.5, 0.6) is 0 Å². The lowest BCUT2D eigenvalue weighted by Crippen LogP contribution is -2.14. The Morgan fingerprint density at radius 1 is 1.21 bits per heavy atom. The number of anilines is 1. The standard InChI is InChI=1S/C14H11BrClNOS/c15-12-6-3-10(16)8-13(12)17-14(18)7-9-1-4-11(19)5-2-9/h1-6,8,19H,7H2,(H,17,18). The maximum atomic E-state index is 11.9. The third kappa shape index (κ3) is 4.27. The smallest absolute Gasteiger partial charge is 0.228 e. The van der Waals surface area contributed by atoms with Gasteiger partial charge in [0.2, 0.25) is 5.91 Å². The molecule has 2 aromatic carbocycles. The molecule has 0 atom stereocenters. The number of carbonyl (C=O) groups excluding carboxylic acids is 1. The number of thiol groups is 1. The fourth-order valence-corrected chi connectivity index (χ4v) is 2.25. The van der Waals surface area contributed by atoms with Gasteiger partial charge < -0.3 is 5.32 Å². The Bertz CT molecular complexity index is 601. The van der Waals surface area contributed by atoms with E-state index in [0.717, 1.165) is 14.9 Å². The molecule has 19 heavy (non-hydrogen) atoms. The minimum Gasteiger partial charge on any atom is -0.325 e. The Kier molecular flexibility index (Phi) is 4.91. The minimum absolute atomic E-state index is 0.0881. The summed E-state index contributed by atoms with van der Waals surface area (Å²) in [5.41, 5.74) is 1.61. The molecule has 1 N–H and O–H groups in total. The number of carbonyl (C=O) groups is 1. The van der Waals surface area contributed by atoms with Crippen LogP contribution < -0.4 is 5.32 Å². The van der Waals surface area contributed by atoms with E-state index in [1.165, 1.54) is 0 Å². The Hall–Kier alpha value is -0.970. The number of nitrogens with one attached hydrogen (secondary N) is 1. The zero-order valence-electron chi connectivity index (χ0n) is 9.86. The van der Waals surface area contributed by atoms with Gasteiger partial charge in [0.1, 0.15) is 0 Å². The van der Waals surface area contributed by atoms with Gasteiger partial charge >= 0.3 is 0 Å². The van der Waals surface area contributed by atoms with Crippen molar-refractivity contribution in [2.75, 3.05) is 5.32 Å². The van der Waals surface area contributed by atoms with E-state index in [0.29, 0.717) is 17.1 Å². The van der Waals surface area contributed by atoms with Gasteiger partial charge in [0.25, 0.3) is 0 Å². The Morgan fingerprint density at radius 3 is 2.58 bits per heavy atom. The number of hydrogen-bond donors (Lipinski definition) is 2. The normalized spacial score (nSPS) is 10.3. The molecule has 0 bridgehead atoms. The molecule has 2 nitrogen and oxygen atoms in total. The molecular weight excluding hydrogens is 346 g/mol. The molecular formula is C14H11BrClNOS. The van der Waals surface area contributed by atoms with Crippen molar-refractivity contribution in [3.8, 4) is 0 Å². The highest BCUT2D eigenvalue weighted by Crippen LogP contribution is 2.26. The van der Waals surface area contributed by atoms with Gasteiger partial charge in [0.05, 0.1) is 12.1 Å². The van der Waals surface area contributed by atoms with Crippen LogP contribution in [0.25, 0.3) is 0 Å². The van der Waals surface area contributed by atoms with E-state index in [4.69, 9.17) is 11.6 Å². The van der Waals surface area contributed by atoms with Gasteiger partial charge in [-0.05, 0) is 51.8 Å². The van der Waals surface area contributed by atoms with Crippen LogP contribution in [0.2, 0.25) is 5.02 Å². The largest absolute Gasteiger partial charge is 0.325 e. The van der Waals surface area contributed by atoms with Crippen molar-refractivity contribution < 1.29 is 4.79 Å². The molecule has 0 spiro atoms. The first kappa shape index (κ1) is 14.4. The average Bonchev–Trinajstić information content (AvgIpc) is 2.37. The number of benzene rings is 2. The molecule has 0 aliphatic heterocycles. The van der Waals surface area contributed by atoms with E-state index < -0.39 is 0 Å². The van der Waals surface area contributed by atoms with Crippen LogP contribution in [0, 0.1) is 0 Å². The number of hydrogen-bond acceptors (Lipinski definition) is 2. The molecule has 98 valence electrons. The van der Waals surface area contributed by atoms with Crippen molar-refractivity contribution in [1.29, 1.82) is 0 Å². The molecule has 0 fully saturated rings. The van der Waals surface area contributed by atoms with Gasteiger partial charge in [-0.2, -0.15) is 0 Å². The van der Waals surface area contributed by atoms with E-state index in [1.54, 1.807) is 18.2 Å². The molecule has 2 rings (SSSR count). The second-order valence-electron chi connectivity index (χ2n) is 4.02. The first-order chi connectivity index (χ1) is 9.04. The van der Waals surface area contributed by atoms with E-state index >= 15 is 0 Å². The summed E-state index contributed by atoms with van der Waals surface area (Å²) >= 11 is 13.5. The number of amides is 1. The summed E-state index contributed by atoms with van der Waals surface area (Å²) in [6.45, 7) is 0. The molecule has 1 amide bonds. The molecule has 2 aromatic rings. The van der Waals surface area contributed by atoms with Crippen molar-refractivity contribution in [3.05, 3.63) is 57.5 Å². The minimum atomic E-state index is -0.0881. The van der Waals surface area contributed by atoms with E-state index in [2.05, 4.69) is 33.9 Å². The summed E-state index contributed by atoms with van der Waals surface area (Å²) in [5.74, 6) is -0.0881. The molecule has 0 aliphatic rings. The van der Waals surface area contributed by atoms with Gasteiger partial charge in [0, 0.05) is 14.4 Å². The van der Waals surface area contributed by atoms with Crippen LogP contribution >= 0.6 is 40.2 Å². The summed E-state index contributed by atoms with van der Waals surface area (Å²) < 4.78 is 0.802. The molecule has 0 radical (unpaired) electrons. The van der Waals surface area contributed by atoms with Gasteiger partial charge in [-0.1, -0.05) is 23.7 Å². The predicted octanol–water partition coefficient (Wildman–Crippen LogP) is 4.57. The molecule has 0 saturated heterocycles. The summed E-state index contributed by atoms with van der Waals surface area (Å²) in [7, 11) is 0. The first-order valence-electron chi connectivity index (χ1n) is 5.57. The zero-order valence-corrected chi connectivity index (χ0v) is 13.1. The lowest BCUT2D eigenvalue weighted by atomic mass is 10.1. The summed E-state index contributed by atoms with van der Waals surface area (Å²) in [6, 6.07) is 12.8. The van der Waals surface area contributed by atoms with Crippen LogP contribution in [0.15, 0.2) is 51.8 Å². The Labute approximate surface area is 130 Å². The van der Waals surface area contributed by atoms with Crippen LogP contribution in [0.4, 0.5) is 5.69 Å². The fourth-order valence-electron chi connectivity index (χ4n) is 1.59. The second kappa shape index (κ2) is 6.46. The number of halogens is 2. The molecule has 0 aromatic heterocycles. The quantitative estimate of drug-likeness (QED) is 0.775. The van der Waals surface area contributed by atoms with E-state index in [1.807, 2.05) is 24.3 Å². The van der Waals surface area contributed by atoms with Gasteiger partial charge in [0.15, 0.2) is 0 Å². The number of rotatable bonds is 3. The second-order valence-corrected chi connectivity index (χ2v) is 5.82. The van der Waals surface area contributed by atoms with E-state index in [9.17, 15) is 4.79 Å². The van der Waals surface area contributed by atoms with Crippen molar-refractivity contribution in [2.24, 2.45) is 0 Å². The maximum Gasteiger partial charge on any atom is 0.228 e. The Morgan fingerprint density at radius 2 is 1.89 bits per heavy atom. The van der Waals surface area contributed by atoms with Crippen molar-refractivity contribution in [1.82, 2.24) is 0 Å². The van der Waals surface area contributed by atoms with Crippen molar-refractivity contribution in [2.45, 2.75) is 11.3 Å². The summed E-state index contributed by atoms with van der Waals surface area (Å²) in [5, 5.41) is 3.41. The fraction of sp³-hybridized carbons (Fsp3) is 0.0714. The molecule has 5 heteroatoms. The lowest BCUT2D eigenvalue weighted by molar-refractivity contribution is -0.115. The van der Waals surface area contributed by atoms with Gasteiger partial charge in [-0.3, -0.25) is 4.79 Å². The van der Waals surface area contributed by atoms with Crippen LogP contribution in [-0.2, 0) is 11.2 Å². The third-order valence-electron chi connectivity index (χ3n) is 2.50.